The number of fused-ring (bicyclic) bond motifs is 1. The summed E-state index contributed by atoms with van der Waals surface area (Å²) in [6.45, 7) is 0.645. The van der Waals surface area contributed by atoms with E-state index < -0.39 is 0 Å². The number of rotatable bonds is 6. The second-order valence-electron chi connectivity index (χ2n) is 7.59. The van der Waals surface area contributed by atoms with Gasteiger partial charge in [0.25, 0.3) is 5.91 Å². The van der Waals surface area contributed by atoms with Crippen LogP contribution in [0.25, 0.3) is 11.0 Å². The molecule has 0 aliphatic heterocycles. The lowest BCUT2D eigenvalue weighted by atomic mass is 9.90. The molecule has 6 heteroatoms. The van der Waals surface area contributed by atoms with Gasteiger partial charge in [0.15, 0.2) is 0 Å². The number of hydrogen-bond acceptors (Lipinski definition) is 4. The number of nitrogens with one attached hydrogen (secondary N) is 1. The largest absolute Gasteiger partial charge is 0.349 e. The molecule has 1 aliphatic carbocycles. The van der Waals surface area contributed by atoms with Gasteiger partial charge in [-0.15, -0.1) is 0 Å². The van der Waals surface area contributed by atoms with Gasteiger partial charge in [-0.05, 0) is 74.9 Å². The first-order chi connectivity index (χ1) is 13.7. The molecule has 3 heterocycles. The highest BCUT2D eigenvalue weighted by atomic mass is 16.1. The van der Waals surface area contributed by atoms with Gasteiger partial charge in [-0.25, -0.2) is 4.98 Å². The van der Waals surface area contributed by atoms with Gasteiger partial charge in [-0.2, -0.15) is 0 Å². The molecule has 6 nitrogen and oxygen atoms in total. The third-order valence-electron chi connectivity index (χ3n) is 5.63. The van der Waals surface area contributed by atoms with Crippen molar-refractivity contribution in [2.45, 2.75) is 50.6 Å². The smallest absolute Gasteiger partial charge is 0.253 e. The molecular weight excluding hydrogens is 350 g/mol. The average molecular weight is 377 g/mol. The fraction of sp³-hybridized carbons (Fsp3) is 0.409. The first-order valence-corrected chi connectivity index (χ1v) is 10.1. The lowest BCUT2D eigenvalue weighted by molar-refractivity contribution is 0.0922. The monoisotopic (exact) mass is 377 g/mol. The van der Waals surface area contributed by atoms with Crippen LogP contribution < -0.4 is 11.1 Å². The first kappa shape index (κ1) is 18.6. The standard InChI is InChI=1S/C22H27N5O/c23-10-1-3-16-13-18(15-24-14-16)22(28)26-19-5-7-20(8-6-19)27-12-9-17-4-2-11-25-21(17)27/h2,4,9,11-15,19-20H,1,3,5-8,10,23H2,(H,26,28). The van der Waals surface area contributed by atoms with Crippen molar-refractivity contribution in [2.75, 3.05) is 6.54 Å². The van der Waals surface area contributed by atoms with Gasteiger partial charge in [-0.1, -0.05) is 0 Å². The number of hydrogen-bond donors (Lipinski definition) is 2. The van der Waals surface area contributed by atoms with Crippen molar-refractivity contribution in [1.29, 1.82) is 0 Å². The maximum absolute atomic E-state index is 12.6. The maximum atomic E-state index is 12.6. The topological polar surface area (TPSA) is 85.8 Å². The van der Waals surface area contributed by atoms with E-state index in [0.29, 0.717) is 18.2 Å². The molecule has 0 radical (unpaired) electrons. The van der Waals surface area contributed by atoms with Crippen LogP contribution >= 0.6 is 0 Å². The molecule has 0 unspecified atom stereocenters. The summed E-state index contributed by atoms with van der Waals surface area (Å²) >= 11 is 0. The van der Waals surface area contributed by atoms with Crippen molar-refractivity contribution in [2.24, 2.45) is 5.73 Å². The van der Waals surface area contributed by atoms with Crippen molar-refractivity contribution < 1.29 is 4.79 Å². The highest BCUT2D eigenvalue weighted by Gasteiger charge is 2.24. The molecule has 1 saturated carbocycles. The lowest BCUT2D eigenvalue weighted by Gasteiger charge is -2.30. The first-order valence-electron chi connectivity index (χ1n) is 10.1. The number of aromatic nitrogens is 3. The molecule has 0 aromatic carbocycles. The molecule has 3 aromatic rings. The Bertz CT molecular complexity index is 943. The molecule has 0 saturated heterocycles. The quantitative estimate of drug-likeness (QED) is 0.690. The Balaban J connectivity index is 1.35. The third-order valence-corrected chi connectivity index (χ3v) is 5.63. The van der Waals surface area contributed by atoms with E-state index in [0.717, 1.165) is 49.7 Å². The fourth-order valence-corrected chi connectivity index (χ4v) is 4.10. The second-order valence-corrected chi connectivity index (χ2v) is 7.59. The highest BCUT2D eigenvalue weighted by Crippen LogP contribution is 2.31. The molecular formula is C22H27N5O. The number of amides is 1. The van der Waals surface area contributed by atoms with Crippen LogP contribution in [0.15, 0.2) is 49.1 Å². The van der Waals surface area contributed by atoms with Gasteiger partial charge in [0.2, 0.25) is 0 Å². The van der Waals surface area contributed by atoms with E-state index in [1.54, 1.807) is 6.20 Å². The van der Waals surface area contributed by atoms with Gasteiger partial charge < -0.3 is 15.6 Å². The zero-order chi connectivity index (χ0) is 19.3. The van der Waals surface area contributed by atoms with Crippen molar-refractivity contribution in [3.63, 3.8) is 0 Å². The van der Waals surface area contributed by atoms with Gasteiger partial charge in [-0.3, -0.25) is 9.78 Å². The number of carbonyl (C=O) groups excluding carboxylic acids is 1. The number of aryl methyl sites for hydroxylation is 1. The molecule has 1 fully saturated rings. The van der Waals surface area contributed by atoms with Crippen LogP contribution in [0, 0.1) is 0 Å². The van der Waals surface area contributed by atoms with E-state index in [1.165, 1.54) is 5.39 Å². The van der Waals surface area contributed by atoms with Crippen LogP contribution in [0.3, 0.4) is 0 Å². The summed E-state index contributed by atoms with van der Waals surface area (Å²) in [6.07, 6.45) is 13.2. The van der Waals surface area contributed by atoms with E-state index in [-0.39, 0.29) is 11.9 Å². The zero-order valence-electron chi connectivity index (χ0n) is 16.1. The van der Waals surface area contributed by atoms with Gasteiger partial charge in [0.05, 0.1) is 5.56 Å². The van der Waals surface area contributed by atoms with E-state index in [4.69, 9.17) is 5.73 Å². The Labute approximate surface area is 165 Å². The van der Waals surface area contributed by atoms with Crippen LogP contribution in [0.1, 0.15) is 54.1 Å². The van der Waals surface area contributed by atoms with Crippen LogP contribution in [-0.2, 0) is 6.42 Å². The van der Waals surface area contributed by atoms with Crippen molar-refractivity contribution in [3.05, 3.63) is 60.2 Å². The molecule has 146 valence electrons. The zero-order valence-corrected chi connectivity index (χ0v) is 16.1. The van der Waals surface area contributed by atoms with Gasteiger partial charge >= 0.3 is 0 Å². The van der Waals surface area contributed by atoms with E-state index in [9.17, 15) is 4.79 Å². The summed E-state index contributed by atoms with van der Waals surface area (Å²) in [7, 11) is 0. The SMILES string of the molecule is NCCCc1cncc(C(=O)NC2CCC(n3ccc4cccnc43)CC2)c1. The minimum Gasteiger partial charge on any atom is -0.349 e. The molecule has 3 N–H and O–H groups in total. The maximum Gasteiger partial charge on any atom is 0.253 e. The molecule has 0 atom stereocenters. The van der Waals surface area contributed by atoms with Gasteiger partial charge in [0, 0.05) is 42.3 Å². The number of nitrogens with zero attached hydrogens (tertiary/aromatic N) is 3. The normalized spacial score (nSPS) is 19.6. The third kappa shape index (κ3) is 4.07. The van der Waals surface area contributed by atoms with Crippen molar-refractivity contribution >= 4 is 16.9 Å². The Morgan fingerprint density at radius 2 is 2.07 bits per heavy atom. The number of carbonyl (C=O) groups is 1. The van der Waals surface area contributed by atoms with Crippen molar-refractivity contribution in [3.8, 4) is 0 Å². The fourth-order valence-electron chi connectivity index (χ4n) is 4.10. The van der Waals surface area contributed by atoms with E-state index >= 15 is 0 Å². The highest BCUT2D eigenvalue weighted by molar-refractivity contribution is 5.94. The summed E-state index contributed by atoms with van der Waals surface area (Å²) in [5.74, 6) is -0.0290. The molecule has 0 bridgehead atoms. The van der Waals surface area contributed by atoms with Gasteiger partial charge in [0.1, 0.15) is 5.65 Å². The van der Waals surface area contributed by atoms with E-state index in [1.807, 2.05) is 24.5 Å². The minimum atomic E-state index is -0.0290. The molecule has 0 spiro atoms. The van der Waals surface area contributed by atoms with Crippen LogP contribution in [-0.4, -0.2) is 33.0 Å². The molecule has 1 amide bonds. The molecule has 3 aromatic heterocycles. The predicted octanol–water partition coefficient (Wildman–Crippen LogP) is 3.24. The number of pyridine rings is 2. The molecule has 1 aliphatic rings. The molecule has 28 heavy (non-hydrogen) atoms. The Hall–Kier alpha value is -2.73. The average Bonchev–Trinajstić information content (AvgIpc) is 3.17. The summed E-state index contributed by atoms with van der Waals surface area (Å²) in [4.78, 5) is 21.4. The Morgan fingerprint density at radius 1 is 1.21 bits per heavy atom. The number of nitrogens with two attached hydrogens (primary N) is 1. The summed E-state index contributed by atoms with van der Waals surface area (Å²) in [5, 5.41) is 4.37. The lowest BCUT2D eigenvalue weighted by Crippen LogP contribution is -2.38. The summed E-state index contributed by atoms with van der Waals surface area (Å²) in [5.41, 5.74) is 8.32. The Kier molecular flexibility index (Phi) is 5.67. The van der Waals surface area contributed by atoms with E-state index in [2.05, 4.69) is 38.2 Å². The van der Waals surface area contributed by atoms with Crippen LogP contribution in [0.5, 0.6) is 0 Å². The summed E-state index contributed by atoms with van der Waals surface area (Å²) < 4.78 is 2.29. The predicted molar refractivity (Wildman–Crippen MR) is 110 cm³/mol. The van der Waals surface area contributed by atoms with Crippen LogP contribution in [0.4, 0.5) is 0 Å². The minimum absolute atomic E-state index is 0.0290. The Morgan fingerprint density at radius 3 is 2.89 bits per heavy atom. The van der Waals surface area contributed by atoms with Crippen molar-refractivity contribution in [1.82, 2.24) is 19.9 Å². The second kappa shape index (κ2) is 8.52. The molecule has 4 rings (SSSR count). The summed E-state index contributed by atoms with van der Waals surface area (Å²) in [6, 6.07) is 8.79. The van der Waals surface area contributed by atoms with Crippen LogP contribution in [0.2, 0.25) is 0 Å².